The SMILES string of the molecule is O=C(OCCC(F)C(F)(F)S(=O)(=O)O)C1CC2CC1C1CCCC21. The molecule has 0 amide bonds. The van der Waals surface area contributed by atoms with Crippen molar-refractivity contribution in [2.75, 3.05) is 6.61 Å². The van der Waals surface area contributed by atoms with Gasteiger partial charge in [-0.2, -0.15) is 17.2 Å². The summed E-state index contributed by atoms with van der Waals surface area (Å²) in [5, 5.41) is -4.90. The van der Waals surface area contributed by atoms with Crippen LogP contribution in [-0.4, -0.2) is 37.0 Å². The summed E-state index contributed by atoms with van der Waals surface area (Å²) in [5.74, 6) is 1.28. The van der Waals surface area contributed by atoms with Crippen molar-refractivity contribution in [1.82, 2.24) is 0 Å². The number of hydrogen-bond donors (Lipinski definition) is 1. The molecule has 3 rings (SSSR count). The number of fused-ring (bicyclic) bond motifs is 5. The Morgan fingerprint density at radius 2 is 1.88 bits per heavy atom. The van der Waals surface area contributed by atoms with Crippen molar-refractivity contribution in [1.29, 1.82) is 0 Å². The van der Waals surface area contributed by atoms with E-state index in [0.29, 0.717) is 17.8 Å². The van der Waals surface area contributed by atoms with Gasteiger partial charge in [0.25, 0.3) is 0 Å². The van der Waals surface area contributed by atoms with Gasteiger partial charge >= 0.3 is 21.3 Å². The number of hydrogen-bond acceptors (Lipinski definition) is 4. The Hall–Kier alpha value is -0.830. The Morgan fingerprint density at radius 1 is 1.21 bits per heavy atom. The van der Waals surface area contributed by atoms with E-state index in [-0.39, 0.29) is 11.8 Å². The second-order valence-electron chi connectivity index (χ2n) is 7.22. The molecule has 0 aromatic heterocycles. The van der Waals surface area contributed by atoms with Crippen LogP contribution in [0.15, 0.2) is 0 Å². The maximum atomic E-state index is 13.3. The lowest BCUT2D eigenvalue weighted by molar-refractivity contribution is -0.152. The van der Waals surface area contributed by atoms with Gasteiger partial charge in [0.2, 0.25) is 0 Å². The molecule has 2 bridgehead atoms. The fourth-order valence-electron chi connectivity index (χ4n) is 5.04. The second-order valence-corrected chi connectivity index (χ2v) is 8.72. The lowest BCUT2D eigenvalue weighted by Crippen LogP contribution is -2.39. The largest absolute Gasteiger partial charge is 0.465 e. The number of esters is 1. The monoisotopic (exact) mass is 370 g/mol. The van der Waals surface area contributed by atoms with Crippen LogP contribution in [0.3, 0.4) is 0 Å². The molecule has 0 radical (unpaired) electrons. The zero-order chi connectivity index (χ0) is 17.7. The summed E-state index contributed by atoms with van der Waals surface area (Å²) in [6.07, 6.45) is 1.14. The molecule has 1 N–H and O–H groups in total. The Labute approximate surface area is 138 Å². The van der Waals surface area contributed by atoms with Gasteiger partial charge in [-0.05, 0) is 49.4 Å². The number of carbonyl (C=O) groups excluding carboxylic acids is 1. The molecule has 0 spiro atoms. The summed E-state index contributed by atoms with van der Waals surface area (Å²) in [7, 11) is -5.83. The molecule has 3 aliphatic rings. The van der Waals surface area contributed by atoms with E-state index >= 15 is 0 Å². The van der Waals surface area contributed by atoms with Gasteiger partial charge in [0.05, 0.1) is 12.5 Å². The molecule has 0 aliphatic heterocycles. The van der Waals surface area contributed by atoms with Gasteiger partial charge in [-0.15, -0.1) is 0 Å². The lowest BCUT2D eigenvalue weighted by Gasteiger charge is -2.30. The summed E-state index contributed by atoms with van der Waals surface area (Å²) < 4.78 is 73.6. The summed E-state index contributed by atoms with van der Waals surface area (Å²) >= 11 is 0. The van der Waals surface area contributed by atoms with Crippen LogP contribution in [0.1, 0.15) is 38.5 Å². The highest BCUT2D eigenvalue weighted by Crippen LogP contribution is 2.61. The summed E-state index contributed by atoms with van der Waals surface area (Å²) in [4.78, 5) is 12.2. The third-order valence-corrected chi connectivity index (χ3v) is 7.00. The van der Waals surface area contributed by atoms with Gasteiger partial charge < -0.3 is 4.74 Å². The molecule has 138 valence electrons. The van der Waals surface area contributed by atoms with Crippen LogP contribution in [0, 0.1) is 29.6 Å². The van der Waals surface area contributed by atoms with Gasteiger partial charge in [0, 0.05) is 6.42 Å². The van der Waals surface area contributed by atoms with Crippen LogP contribution in [-0.2, 0) is 19.6 Å². The normalized spacial score (nSPS) is 36.6. The van der Waals surface area contributed by atoms with Gasteiger partial charge in [-0.1, -0.05) is 6.42 Å². The topological polar surface area (TPSA) is 80.7 Å². The lowest BCUT2D eigenvalue weighted by atomic mass is 9.76. The fraction of sp³-hybridized carbons (Fsp3) is 0.933. The van der Waals surface area contributed by atoms with Crippen molar-refractivity contribution in [3.63, 3.8) is 0 Å². The summed E-state index contributed by atoms with van der Waals surface area (Å²) in [6, 6.07) is 0. The Kier molecular flexibility index (Phi) is 4.61. The Balaban J connectivity index is 1.49. The molecule has 0 heterocycles. The van der Waals surface area contributed by atoms with Crippen LogP contribution in [0.25, 0.3) is 0 Å². The quantitative estimate of drug-likeness (QED) is 0.574. The maximum Gasteiger partial charge on any atom is 0.400 e. The zero-order valence-corrected chi connectivity index (χ0v) is 13.9. The minimum absolute atomic E-state index is 0.255. The number of carbonyl (C=O) groups is 1. The molecular formula is C15H21F3O5S. The molecule has 3 fully saturated rings. The first-order valence-corrected chi connectivity index (χ1v) is 9.72. The van der Waals surface area contributed by atoms with E-state index in [9.17, 15) is 26.4 Å². The number of alkyl halides is 3. The van der Waals surface area contributed by atoms with Crippen LogP contribution >= 0.6 is 0 Å². The predicted molar refractivity (Wildman–Crippen MR) is 77.5 cm³/mol. The van der Waals surface area contributed by atoms with E-state index in [1.165, 1.54) is 12.8 Å². The molecule has 24 heavy (non-hydrogen) atoms. The highest BCUT2D eigenvalue weighted by atomic mass is 32.2. The fourth-order valence-corrected chi connectivity index (χ4v) is 5.48. The van der Waals surface area contributed by atoms with Crippen molar-refractivity contribution in [2.45, 2.75) is 50.0 Å². The molecule has 5 nitrogen and oxygen atoms in total. The van der Waals surface area contributed by atoms with Crippen molar-refractivity contribution < 1.29 is 35.7 Å². The standard InChI is InChI=1S/C15H21F3O5S/c16-13(15(17,18)24(20,21)22)4-5-23-14(19)12-7-8-6-11(12)10-3-1-2-9(8)10/h8-13H,1-7H2,(H,20,21,22). The van der Waals surface area contributed by atoms with E-state index in [2.05, 4.69) is 0 Å². The van der Waals surface area contributed by atoms with Crippen LogP contribution in [0.2, 0.25) is 0 Å². The molecule has 9 heteroatoms. The zero-order valence-electron chi connectivity index (χ0n) is 13.0. The minimum Gasteiger partial charge on any atom is -0.465 e. The highest BCUT2D eigenvalue weighted by Gasteiger charge is 2.56. The van der Waals surface area contributed by atoms with Crippen molar-refractivity contribution in [3.05, 3.63) is 0 Å². The van der Waals surface area contributed by atoms with Crippen LogP contribution in [0.4, 0.5) is 13.2 Å². The van der Waals surface area contributed by atoms with Crippen LogP contribution < -0.4 is 0 Å². The summed E-state index contributed by atoms with van der Waals surface area (Å²) in [5.41, 5.74) is 0. The predicted octanol–water partition coefficient (Wildman–Crippen LogP) is 2.81. The second kappa shape index (κ2) is 6.16. The molecular weight excluding hydrogens is 349 g/mol. The van der Waals surface area contributed by atoms with Gasteiger partial charge in [0.15, 0.2) is 6.17 Å². The van der Waals surface area contributed by atoms with Crippen molar-refractivity contribution in [3.8, 4) is 0 Å². The van der Waals surface area contributed by atoms with Gasteiger partial charge in [-0.3, -0.25) is 9.35 Å². The Bertz CT molecular complexity index is 608. The summed E-state index contributed by atoms with van der Waals surface area (Å²) in [6.45, 7) is -0.632. The highest BCUT2D eigenvalue weighted by molar-refractivity contribution is 7.86. The third kappa shape index (κ3) is 2.94. The first-order chi connectivity index (χ1) is 11.1. The van der Waals surface area contributed by atoms with Crippen molar-refractivity contribution >= 4 is 16.1 Å². The number of rotatable bonds is 6. The average Bonchev–Trinajstić information content (AvgIpc) is 3.17. The van der Waals surface area contributed by atoms with Crippen LogP contribution in [0.5, 0.6) is 0 Å². The van der Waals surface area contributed by atoms with E-state index < -0.39 is 40.5 Å². The molecule has 3 saturated carbocycles. The van der Waals surface area contributed by atoms with E-state index in [1.807, 2.05) is 0 Å². The minimum atomic E-state index is -5.83. The molecule has 6 unspecified atom stereocenters. The number of ether oxygens (including phenoxy) is 1. The van der Waals surface area contributed by atoms with E-state index in [4.69, 9.17) is 9.29 Å². The van der Waals surface area contributed by atoms with E-state index in [0.717, 1.165) is 19.3 Å². The number of halogens is 3. The van der Waals surface area contributed by atoms with Gasteiger partial charge in [-0.25, -0.2) is 4.39 Å². The molecule has 0 aromatic carbocycles. The average molecular weight is 370 g/mol. The first-order valence-electron chi connectivity index (χ1n) is 8.28. The molecule has 0 aromatic rings. The van der Waals surface area contributed by atoms with Gasteiger partial charge in [0.1, 0.15) is 0 Å². The first kappa shape index (κ1) is 18.0. The molecule has 3 aliphatic carbocycles. The van der Waals surface area contributed by atoms with E-state index in [1.54, 1.807) is 0 Å². The molecule has 0 saturated heterocycles. The van der Waals surface area contributed by atoms with Crippen molar-refractivity contribution in [2.24, 2.45) is 29.6 Å². The third-order valence-electron chi connectivity index (χ3n) is 6.06. The molecule has 6 atom stereocenters. The maximum absolute atomic E-state index is 13.3. The smallest absolute Gasteiger partial charge is 0.400 e. The Morgan fingerprint density at radius 3 is 2.54 bits per heavy atom.